The van der Waals surface area contributed by atoms with Gasteiger partial charge in [-0.1, -0.05) is 15.9 Å². The van der Waals surface area contributed by atoms with E-state index in [1.54, 1.807) is 4.90 Å². The first-order chi connectivity index (χ1) is 9.26. The summed E-state index contributed by atoms with van der Waals surface area (Å²) in [6.45, 7) is 7.64. The van der Waals surface area contributed by atoms with Gasteiger partial charge >= 0.3 is 6.09 Å². The van der Waals surface area contributed by atoms with Crippen molar-refractivity contribution in [3.8, 4) is 0 Å². The van der Waals surface area contributed by atoms with E-state index in [-0.39, 0.29) is 22.9 Å². The average Bonchev–Trinajstić information content (AvgIpc) is 2.66. The third kappa shape index (κ3) is 3.87. The average molecular weight is 347 g/mol. The van der Waals surface area contributed by atoms with E-state index in [0.717, 1.165) is 19.4 Å². The fourth-order valence-electron chi connectivity index (χ4n) is 2.74. The van der Waals surface area contributed by atoms with Crippen molar-refractivity contribution in [2.75, 3.05) is 19.6 Å². The van der Waals surface area contributed by atoms with E-state index in [1.165, 1.54) is 0 Å². The molecule has 0 aromatic rings. The largest absolute Gasteiger partial charge is 0.444 e. The molecule has 2 heterocycles. The van der Waals surface area contributed by atoms with Crippen LogP contribution in [0.4, 0.5) is 4.79 Å². The maximum absolute atomic E-state index is 12.1. The molecule has 0 aromatic carbocycles. The fraction of sp³-hybridized carbons (Fsp3) is 0.857. The fourth-order valence-corrected chi connectivity index (χ4v) is 3.33. The second-order valence-electron chi connectivity index (χ2n) is 6.57. The normalized spacial score (nSPS) is 27.9. The zero-order valence-electron chi connectivity index (χ0n) is 12.4. The number of hydrogen-bond acceptors (Lipinski definition) is 3. The van der Waals surface area contributed by atoms with Gasteiger partial charge in [-0.3, -0.25) is 4.79 Å². The van der Waals surface area contributed by atoms with E-state index >= 15 is 0 Å². The standard InChI is InChI=1S/C14H23BrN2O3/c1-14(2,3)20-13(19)16-6-4-5-11(9-16)17-8-10(15)7-12(17)18/h10-11H,4-9H2,1-3H3. The Morgan fingerprint density at radius 3 is 2.60 bits per heavy atom. The highest BCUT2D eigenvalue weighted by atomic mass is 79.9. The lowest BCUT2D eigenvalue weighted by molar-refractivity contribution is -0.130. The first-order valence-corrected chi connectivity index (χ1v) is 8.09. The Morgan fingerprint density at radius 2 is 2.05 bits per heavy atom. The van der Waals surface area contributed by atoms with Crippen LogP contribution in [0.15, 0.2) is 0 Å². The summed E-state index contributed by atoms with van der Waals surface area (Å²) in [5.41, 5.74) is -0.478. The summed E-state index contributed by atoms with van der Waals surface area (Å²) in [4.78, 5) is 27.9. The highest BCUT2D eigenvalue weighted by molar-refractivity contribution is 9.09. The minimum absolute atomic E-state index is 0.131. The van der Waals surface area contributed by atoms with Crippen LogP contribution < -0.4 is 0 Å². The number of likely N-dealkylation sites (tertiary alicyclic amines) is 2. The molecule has 0 radical (unpaired) electrons. The molecular weight excluding hydrogens is 324 g/mol. The van der Waals surface area contributed by atoms with Crippen molar-refractivity contribution < 1.29 is 14.3 Å². The molecule has 20 heavy (non-hydrogen) atoms. The Bertz CT molecular complexity index is 394. The third-order valence-corrected chi connectivity index (χ3v) is 4.21. The van der Waals surface area contributed by atoms with Crippen LogP contribution in [0, 0.1) is 0 Å². The molecule has 0 spiro atoms. The number of amides is 2. The lowest BCUT2D eigenvalue weighted by Crippen LogP contribution is -2.51. The van der Waals surface area contributed by atoms with Crippen LogP contribution in [0.25, 0.3) is 0 Å². The molecule has 2 fully saturated rings. The number of carbonyl (C=O) groups excluding carboxylic acids is 2. The molecule has 2 saturated heterocycles. The molecule has 0 aromatic heterocycles. The monoisotopic (exact) mass is 346 g/mol. The Balaban J connectivity index is 1.95. The van der Waals surface area contributed by atoms with Crippen molar-refractivity contribution in [3.63, 3.8) is 0 Å². The topological polar surface area (TPSA) is 49.9 Å². The molecule has 2 atom stereocenters. The number of alkyl halides is 1. The highest BCUT2D eigenvalue weighted by Gasteiger charge is 2.36. The van der Waals surface area contributed by atoms with E-state index in [1.807, 2.05) is 25.7 Å². The van der Waals surface area contributed by atoms with Gasteiger partial charge in [0.15, 0.2) is 0 Å². The number of nitrogens with zero attached hydrogens (tertiary/aromatic N) is 2. The second-order valence-corrected chi connectivity index (χ2v) is 7.86. The van der Waals surface area contributed by atoms with Gasteiger partial charge in [-0.2, -0.15) is 0 Å². The zero-order chi connectivity index (χ0) is 14.9. The highest BCUT2D eigenvalue weighted by Crippen LogP contribution is 2.25. The maximum atomic E-state index is 12.1. The summed E-state index contributed by atoms with van der Waals surface area (Å²) in [6.07, 6.45) is 2.16. The van der Waals surface area contributed by atoms with Gasteiger partial charge in [0.2, 0.25) is 5.91 Å². The number of carbonyl (C=O) groups is 2. The van der Waals surface area contributed by atoms with Gasteiger partial charge in [0.25, 0.3) is 0 Å². The van der Waals surface area contributed by atoms with Gasteiger partial charge in [-0.05, 0) is 33.6 Å². The van der Waals surface area contributed by atoms with Gasteiger partial charge < -0.3 is 14.5 Å². The van der Waals surface area contributed by atoms with Gasteiger partial charge in [0.05, 0.1) is 0 Å². The predicted octanol–water partition coefficient (Wildman–Crippen LogP) is 2.38. The number of halogens is 1. The van der Waals surface area contributed by atoms with Gasteiger partial charge in [-0.15, -0.1) is 0 Å². The molecule has 0 saturated carbocycles. The molecule has 2 rings (SSSR count). The van der Waals surface area contributed by atoms with Gasteiger partial charge in [0, 0.05) is 36.9 Å². The molecule has 2 amide bonds. The van der Waals surface area contributed by atoms with Crippen molar-refractivity contribution in [2.45, 2.75) is 56.5 Å². The molecule has 0 bridgehead atoms. The summed E-state index contributed by atoms with van der Waals surface area (Å²) in [5.74, 6) is 0.183. The van der Waals surface area contributed by atoms with Gasteiger partial charge in [-0.25, -0.2) is 4.79 Å². The molecule has 2 aliphatic heterocycles. The van der Waals surface area contributed by atoms with E-state index in [2.05, 4.69) is 15.9 Å². The number of piperidine rings is 1. The predicted molar refractivity (Wildman–Crippen MR) is 79.9 cm³/mol. The molecule has 2 aliphatic rings. The minimum atomic E-state index is -0.478. The van der Waals surface area contributed by atoms with Crippen LogP contribution in [0.2, 0.25) is 0 Å². The van der Waals surface area contributed by atoms with Crippen LogP contribution in [-0.4, -0.2) is 57.9 Å². The molecule has 114 valence electrons. The lowest BCUT2D eigenvalue weighted by atomic mass is 10.0. The second kappa shape index (κ2) is 5.92. The van der Waals surface area contributed by atoms with E-state index in [0.29, 0.717) is 19.5 Å². The van der Waals surface area contributed by atoms with Crippen molar-refractivity contribution >= 4 is 27.9 Å². The molecular formula is C14H23BrN2O3. The third-order valence-electron chi connectivity index (χ3n) is 3.60. The zero-order valence-corrected chi connectivity index (χ0v) is 14.0. The molecule has 0 aliphatic carbocycles. The maximum Gasteiger partial charge on any atom is 0.410 e. The number of rotatable bonds is 1. The van der Waals surface area contributed by atoms with Gasteiger partial charge in [0.1, 0.15) is 5.60 Å². The minimum Gasteiger partial charge on any atom is -0.444 e. The van der Waals surface area contributed by atoms with E-state index < -0.39 is 5.60 Å². The van der Waals surface area contributed by atoms with Crippen molar-refractivity contribution in [1.29, 1.82) is 0 Å². The van der Waals surface area contributed by atoms with Crippen LogP contribution in [-0.2, 0) is 9.53 Å². The smallest absolute Gasteiger partial charge is 0.410 e. The Kier molecular flexibility index (Phi) is 4.62. The van der Waals surface area contributed by atoms with E-state index in [4.69, 9.17) is 4.74 Å². The van der Waals surface area contributed by atoms with Crippen LogP contribution >= 0.6 is 15.9 Å². The number of hydrogen-bond donors (Lipinski definition) is 0. The molecule has 0 N–H and O–H groups in total. The quantitative estimate of drug-likeness (QED) is 0.685. The van der Waals surface area contributed by atoms with Crippen molar-refractivity contribution in [1.82, 2.24) is 9.80 Å². The first kappa shape index (κ1) is 15.6. The lowest BCUT2D eigenvalue weighted by Gasteiger charge is -2.38. The molecule has 2 unspecified atom stereocenters. The van der Waals surface area contributed by atoms with Crippen molar-refractivity contribution in [3.05, 3.63) is 0 Å². The first-order valence-electron chi connectivity index (χ1n) is 7.18. The Labute approximate surface area is 128 Å². The summed E-state index contributed by atoms with van der Waals surface area (Å²) in [6, 6.07) is 0.131. The molecule has 5 nitrogen and oxygen atoms in total. The van der Waals surface area contributed by atoms with Crippen molar-refractivity contribution in [2.24, 2.45) is 0 Å². The van der Waals surface area contributed by atoms with Crippen LogP contribution in [0.1, 0.15) is 40.0 Å². The van der Waals surface area contributed by atoms with E-state index in [9.17, 15) is 9.59 Å². The Morgan fingerprint density at radius 1 is 1.35 bits per heavy atom. The van der Waals surface area contributed by atoms with Crippen LogP contribution in [0.3, 0.4) is 0 Å². The number of ether oxygens (including phenoxy) is 1. The van der Waals surface area contributed by atoms with Crippen LogP contribution in [0.5, 0.6) is 0 Å². The summed E-state index contributed by atoms with van der Waals surface area (Å²) in [7, 11) is 0. The Hall–Kier alpha value is -0.780. The molecule has 6 heteroatoms. The summed E-state index contributed by atoms with van der Waals surface area (Å²) < 4.78 is 5.41. The summed E-state index contributed by atoms with van der Waals surface area (Å²) in [5, 5.41) is 0. The SMILES string of the molecule is CC(C)(C)OC(=O)N1CCCC(N2CC(Br)CC2=O)C1. The summed E-state index contributed by atoms with van der Waals surface area (Å²) >= 11 is 3.50.